The fourth-order valence-electron chi connectivity index (χ4n) is 9.18. The fraction of sp³-hybridized carbons (Fsp3) is 0.613. The molecule has 2 aromatic heterocycles. The molecule has 4 saturated carbocycles. The first-order valence-electron chi connectivity index (χ1n) is 14.4. The van der Waals surface area contributed by atoms with E-state index in [-0.39, 0.29) is 35.1 Å². The number of aliphatic carboxylic acids is 1. The van der Waals surface area contributed by atoms with Crippen molar-refractivity contribution < 1.29 is 24.5 Å². The number of carbonyl (C=O) groups excluding carboxylic acids is 1. The number of fused-ring (bicyclic) bond motifs is 6. The van der Waals surface area contributed by atoms with Gasteiger partial charge in [-0.3, -0.25) is 9.78 Å². The molecule has 7 rings (SSSR count). The third-order valence-electron chi connectivity index (χ3n) is 11.2. The zero-order valence-electron chi connectivity index (χ0n) is 22.9. The first-order valence-corrected chi connectivity index (χ1v) is 14.4. The fourth-order valence-corrected chi connectivity index (χ4v) is 9.18. The van der Waals surface area contributed by atoms with Crippen LogP contribution in [0, 0.1) is 41.4 Å². The highest BCUT2D eigenvalue weighted by Crippen LogP contribution is 2.68. The molecule has 0 amide bonds. The summed E-state index contributed by atoms with van der Waals surface area (Å²) in [6.45, 7) is 6.22. The number of aliphatic hydroxyl groups excluding tert-OH is 1. The van der Waals surface area contributed by atoms with Crippen molar-refractivity contribution in [2.24, 2.45) is 34.5 Å². The van der Waals surface area contributed by atoms with Gasteiger partial charge in [0.25, 0.3) is 0 Å². The second-order valence-corrected chi connectivity index (χ2v) is 13.3. The molecule has 0 spiro atoms. The molecule has 0 aliphatic heterocycles. The van der Waals surface area contributed by atoms with Crippen molar-refractivity contribution in [3.05, 3.63) is 47.1 Å². The summed E-state index contributed by atoms with van der Waals surface area (Å²) in [6.07, 6.45) is 10.8. The molecule has 0 unspecified atom stereocenters. The number of carboxylic acids is 1. The number of aryl methyl sites for hydroxylation is 1. The molecule has 39 heavy (non-hydrogen) atoms. The largest absolute Gasteiger partial charge is 0.478 e. The molecule has 0 aromatic carbocycles. The first-order chi connectivity index (χ1) is 18.6. The molecule has 5 aliphatic rings. The van der Waals surface area contributed by atoms with Crippen LogP contribution in [0.5, 0.6) is 0 Å². The van der Waals surface area contributed by atoms with Crippen molar-refractivity contribution in [3.63, 3.8) is 0 Å². The van der Waals surface area contributed by atoms with Crippen LogP contribution in [0.15, 0.2) is 30.1 Å². The summed E-state index contributed by atoms with van der Waals surface area (Å²) in [5, 5.41) is 27.1. The highest BCUT2D eigenvalue weighted by Gasteiger charge is 2.71. The molecule has 206 valence electrons. The van der Waals surface area contributed by atoms with Gasteiger partial charge in [-0.1, -0.05) is 19.4 Å². The molecule has 5 aliphatic carbocycles. The van der Waals surface area contributed by atoms with Gasteiger partial charge in [-0.25, -0.2) is 9.48 Å². The number of aliphatic hydroxyl groups is 1. The molecule has 0 saturated heterocycles. The molecule has 4 fully saturated rings. The van der Waals surface area contributed by atoms with Crippen LogP contribution in [0.2, 0.25) is 0 Å². The monoisotopic (exact) mass is 531 g/mol. The molecule has 8 heteroatoms. The van der Waals surface area contributed by atoms with Crippen molar-refractivity contribution >= 4 is 18.0 Å². The zero-order valence-corrected chi connectivity index (χ0v) is 22.9. The topological polar surface area (TPSA) is 115 Å². The number of allylic oxidation sites excluding steroid dienone is 1. The molecule has 8 nitrogen and oxygen atoms in total. The third kappa shape index (κ3) is 3.39. The van der Waals surface area contributed by atoms with Crippen LogP contribution in [-0.2, 0) is 20.7 Å². The summed E-state index contributed by atoms with van der Waals surface area (Å²) in [5.74, 6) is -1.34. The lowest BCUT2D eigenvalue weighted by Crippen LogP contribution is -2.63. The van der Waals surface area contributed by atoms with Gasteiger partial charge in [0.1, 0.15) is 0 Å². The van der Waals surface area contributed by atoms with E-state index in [1.54, 1.807) is 6.20 Å². The minimum atomic E-state index is -1.57. The van der Waals surface area contributed by atoms with Gasteiger partial charge in [0.2, 0.25) is 5.60 Å². The van der Waals surface area contributed by atoms with Crippen molar-refractivity contribution in [2.75, 3.05) is 0 Å². The Hall–Kier alpha value is -3.00. The van der Waals surface area contributed by atoms with Crippen LogP contribution >= 0.6 is 0 Å². The number of carboxylic acid groups (broad SMARTS) is 1. The van der Waals surface area contributed by atoms with E-state index in [9.17, 15) is 19.8 Å². The lowest BCUT2D eigenvalue weighted by molar-refractivity contribution is -0.211. The van der Waals surface area contributed by atoms with E-state index in [4.69, 9.17) is 9.84 Å². The van der Waals surface area contributed by atoms with Crippen LogP contribution in [0.1, 0.15) is 75.7 Å². The molecule has 2 aromatic rings. The average Bonchev–Trinajstić information content (AvgIpc) is 3.59. The molecule has 7 atom stereocenters. The molecule has 2 heterocycles. The maximum Gasteiger partial charge on any atom is 0.348 e. The van der Waals surface area contributed by atoms with E-state index in [1.165, 1.54) is 11.1 Å². The molecule has 2 N–H and O–H groups in total. The van der Waals surface area contributed by atoms with Gasteiger partial charge in [-0.15, -0.1) is 0 Å². The smallest absolute Gasteiger partial charge is 0.348 e. The predicted octanol–water partition coefficient (Wildman–Crippen LogP) is 4.51. The van der Waals surface area contributed by atoms with Gasteiger partial charge in [0.15, 0.2) is 0 Å². The van der Waals surface area contributed by atoms with Crippen LogP contribution in [0.3, 0.4) is 0 Å². The molecular weight excluding hydrogens is 494 g/mol. The van der Waals surface area contributed by atoms with Crippen LogP contribution in [-0.4, -0.2) is 48.6 Å². The van der Waals surface area contributed by atoms with Crippen LogP contribution in [0.25, 0.3) is 11.8 Å². The van der Waals surface area contributed by atoms with Crippen LogP contribution in [0.4, 0.5) is 0 Å². The lowest BCUT2D eigenvalue weighted by atomic mass is 9.45. The standard InChI is InChI=1S/C31H37N3O5/c1-17-12-21(9-11-32-17)34-24-13-20-6-7-22-23-8-10-31(28(37)38,39-27(36)18-4-5-18)30(23,3)15-25(35)26(22)29(20,2)14-19(24)16-33-34/h9,11-13,16,18,22-23,25-26,35H,4-8,10,14-15H2,1-3H3,(H,37,38)/t22-,23-,25-,26+,29-,30-,31-/m0/s1. The number of nitrogens with zero attached hydrogens (tertiary/aromatic N) is 3. The van der Waals surface area contributed by atoms with Gasteiger partial charge < -0.3 is 14.9 Å². The van der Waals surface area contributed by atoms with Crippen molar-refractivity contribution in [1.29, 1.82) is 0 Å². The van der Waals surface area contributed by atoms with Crippen molar-refractivity contribution in [2.45, 2.75) is 83.8 Å². The third-order valence-corrected chi connectivity index (χ3v) is 11.2. The predicted molar refractivity (Wildman–Crippen MR) is 143 cm³/mol. The minimum Gasteiger partial charge on any atom is -0.478 e. The van der Waals surface area contributed by atoms with E-state index >= 15 is 0 Å². The van der Waals surface area contributed by atoms with Crippen molar-refractivity contribution in [1.82, 2.24) is 14.8 Å². The Kier molecular flexibility index (Phi) is 5.29. The molecule has 0 bridgehead atoms. The summed E-state index contributed by atoms with van der Waals surface area (Å²) >= 11 is 0. The Labute approximate surface area is 228 Å². The Balaban J connectivity index is 1.23. The Morgan fingerprint density at radius 1 is 1.18 bits per heavy atom. The van der Waals surface area contributed by atoms with E-state index < -0.39 is 23.1 Å². The highest BCUT2D eigenvalue weighted by atomic mass is 16.6. The normalized spacial score (nSPS) is 38.6. The van der Waals surface area contributed by atoms with E-state index in [1.807, 2.05) is 36.9 Å². The maximum absolute atomic E-state index is 12.8. The van der Waals surface area contributed by atoms with Crippen LogP contribution < -0.4 is 0 Å². The summed E-state index contributed by atoms with van der Waals surface area (Å²) in [5.41, 5.74) is 2.93. The lowest BCUT2D eigenvalue weighted by Gasteiger charge is -2.60. The number of hydrogen-bond donors (Lipinski definition) is 2. The summed E-state index contributed by atoms with van der Waals surface area (Å²) in [7, 11) is 0. The summed E-state index contributed by atoms with van der Waals surface area (Å²) in [6, 6.07) is 4.01. The zero-order chi connectivity index (χ0) is 27.3. The Morgan fingerprint density at radius 2 is 1.97 bits per heavy atom. The number of carbonyl (C=O) groups is 2. The van der Waals surface area contributed by atoms with E-state index in [2.05, 4.69) is 18.0 Å². The van der Waals surface area contributed by atoms with E-state index in [0.29, 0.717) is 19.3 Å². The summed E-state index contributed by atoms with van der Waals surface area (Å²) in [4.78, 5) is 29.9. The molecule has 0 radical (unpaired) electrons. The number of aromatic nitrogens is 3. The average molecular weight is 532 g/mol. The second kappa shape index (κ2) is 8.26. The number of ether oxygens (including phenoxy) is 1. The van der Waals surface area contributed by atoms with Gasteiger partial charge >= 0.3 is 11.9 Å². The number of esters is 1. The Morgan fingerprint density at radius 3 is 2.69 bits per heavy atom. The van der Waals surface area contributed by atoms with Gasteiger partial charge in [0, 0.05) is 17.3 Å². The maximum atomic E-state index is 12.8. The molecular formula is C31H37N3O5. The quantitative estimate of drug-likeness (QED) is 0.558. The van der Waals surface area contributed by atoms with E-state index in [0.717, 1.165) is 49.2 Å². The Bertz CT molecular complexity index is 1410. The minimum absolute atomic E-state index is 0.0129. The van der Waals surface area contributed by atoms with Gasteiger partial charge in [0.05, 0.1) is 29.6 Å². The SMILES string of the molecule is Cc1cc(-n2ncc3c2C=C2CC[C@@H]4[C@H]([C@@H](O)C[C@@]5(C)[C@H]4CC[C@]5(OC(=O)C4CC4)C(=O)O)[C@@]2(C)C3)ccn1. The highest BCUT2D eigenvalue weighted by molar-refractivity contribution is 5.85. The second-order valence-electron chi connectivity index (χ2n) is 13.3. The number of pyridine rings is 1. The van der Waals surface area contributed by atoms with Gasteiger partial charge in [-0.05, 0) is 105 Å². The van der Waals surface area contributed by atoms with Crippen molar-refractivity contribution in [3.8, 4) is 5.69 Å². The number of hydrogen-bond acceptors (Lipinski definition) is 6. The number of rotatable bonds is 4. The van der Waals surface area contributed by atoms with Gasteiger partial charge in [-0.2, -0.15) is 5.10 Å². The summed E-state index contributed by atoms with van der Waals surface area (Å²) < 4.78 is 7.93. The first kappa shape index (κ1) is 25.0.